The zero-order valence-electron chi connectivity index (χ0n) is 8.38. The average Bonchev–Trinajstić information content (AvgIpc) is 2.06. The number of unbranched alkanes of at least 4 members (excludes halogenated alkanes) is 3. The molecule has 0 bridgehead atoms. The van der Waals surface area contributed by atoms with Crippen molar-refractivity contribution < 1.29 is 5.11 Å². The summed E-state index contributed by atoms with van der Waals surface area (Å²) in [5, 5.41) is 11.2. The molecule has 1 atom stereocenters. The molecule has 0 spiro atoms. The van der Waals surface area contributed by atoms with Crippen molar-refractivity contribution in [2.75, 3.05) is 0 Å². The highest BCUT2D eigenvalue weighted by atomic mass is 16.3. The van der Waals surface area contributed by atoms with Gasteiger partial charge in [-0.1, -0.05) is 51.7 Å². The molecule has 0 aromatic carbocycles. The molecule has 71 valence electrons. The molecule has 0 fully saturated rings. The van der Waals surface area contributed by atoms with Crippen molar-refractivity contribution in [1.82, 2.24) is 0 Å². The minimum atomic E-state index is -0.455. The molecule has 0 aliphatic carbocycles. The predicted octanol–water partition coefficient (Wildman–Crippen LogP) is 3.72. The Morgan fingerprint density at radius 2 is 1.92 bits per heavy atom. The summed E-state index contributed by atoms with van der Waals surface area (Å²) in [5.74, 6) is 0. The summed E-state index contributed by atoms with van der Waals surface area (Å²) in [5.41, 5.74) is 0. The summed E-state index contributed by atoms with van der Waals surface area (Å²) < 4.78 is 0. The average molecular weight is 169 g/mol. The standard InChI is InChI=1S/C11H21O/c1-3-5-7-9-11(12)10-8-6-4-2/h7,9,11H,3-6,8,10H2,1-2H3/b9-7+. The number of allylic oxidation sites excluding steroid dienone is 1. The Morgan fingerprint density at radius 3 is 2.50 bits per heavy atom. The number of hydrogen-bond donors (Lipinski definition) is 0. The SMILES string of the molecule is CCC/C=C/C([O])CCCCC. The maximum Gasteiger partial charge on any atom is 0.111 e. The summed E-state index contributed by atoms with van der Waals surface area (Å²) in [4.78, 5) is 0. The first kappa shape index (κ1) is 11.7. The zero-order valence-corrected chi connectivity index (χ0v) is 8.38. The molecule has 1 nitrogen and oxygen atoms in total. The van der Waals surface area contributed by atoms with Crippen LogP contribution >= 0.6 is 0 Å². The fourth-order valence-corrected chi connectivity index (χ4v) is 1.11. The zero-order chi connectivity index (χ0) is 9.23. The lowest BCUT2D eigenvalue weighted by Crippen LogP contribution is -1.98. The van der Waals surface area contributed by atoms with Gasteiger partial charge in [-0.25, -0.2) is 5.11 Å². The Balaban J connectivity index is 3.26. The first-order valence-corrected chi connectivity index (χ1v) is 5.13. The minimum absolute atomic E-state index is 0.455. The van der Waals surface area contributed by atoms with E-state index in [0.29, 0.717) is 0 Å². The van der Waals surface area contributed by atoms with Crippen LogP contribution in [0.15, 0.2) is 12.2 Å². The van der Waals surface area contributed by atoms with Crippen LogP contribution in [0.4, 0.5) is 0 Å². The third-order valence-electron chi connectivity index (χ3n) is 1.90. The maximum absolute atomic E-state index is 11.2. The Kier molecular flexibility index (Phi) is 8.57. The van der Waals surface area contributed by atoms with Crippen LogP contribution in [0.1, 0.15) is 52.4 Å². The quantitative estimate of drug-likeness (QED) is 0.409. The van der Waals surface area contributed by atoms with Crippen LogP contribution in [0.3, 0.4) is 0 Å². The molecule has 0 N–H and O–H groups in total. The van der Waals surface area contributed by atoms with Crippen LogP contribution in [0, 0.1) is 0 Å². The van der Waals surface area contributed by atoms with Gasteiger partial charge in [-0.3, -0.25) is 0 Å². The van der Waals surface area contributed by atoms with Gasteiger partial charge in [-0.2, -0.15) is 0 Å². The highest BCUT2D eigenvalue weighted by Crippen LogP contribution is 2.05. The molecule has 0 heterocycles. The van der Waals surface area contributed by atoms with Gasteiger partial charge in [0.2, 0.25) is 0 Å². The van der Waals surface area contributed by atoms with Crippen molar-refractivity contribution in [3.05, 3.63) is 12.2 Å². The second-order valence-corrected chi connectivity index (χ2v) is 3.25. The van der Waals surface area contributed by atoms with Gasteiger partial charge in [0.15, 0.2) is 0 Å². The third kappa shape index (κ3) is 7.80. The van der Waals surface area contributed by atoms with Crippen LogP contribution in [0.5, 0.6) is 0 Å². The van der Waals surface area contributed by atoms with E-state index >= 15 is 0 Å². The van der Waals surface area contributed by atoms with Crippen molar-refractivity contribution in [2.45, 2.75) is 58.5 Å². The monoisotopic (exact) mass is 169 g/mol. The molecular formula is C11H21O. The summed E-state index contributed by atoms with van der Waals surface area (Å²) >= 11 is 0. The van der Waals surface area contributed by atoms with Crippen LogP contribution in [0.25, 0.3) is 0 Å². The molecule has 0 aliphatic rings. The van der Waals surface area contributed by atoms with E-state index in [1.54, 1.807) is 0 Å². The van der Waals surface area contributed by atoms with Crippen molar-refractivity contribution in [3.8, 4) is 0 Å². The van der Waals surface area contributed by atoms with E-state index < -0.39 is 6.10 Å². The highest BCUT2D eigenvalue weighted by Gasteiger charge is 1.98. The van der Waals surface area contributed by atoms with Crippen molar-refractivity contribution in [3.63, 3.8) is 0 Å². The second-order valence-electron chi connectivity index (χ2n) is 3.25. The van der Waals surface area contributed by atoms with E-state index in [1.165, 1.54) is 12.8 Å². The first-order chi connectivity index (χ1) is 5.81. The van der Waals surface area contributed by atoms with Gasteiger partial charge in [0.05, 0.1) is 0 Å². The van der Waals surface area contributed by atoms with Gasteiger partial charge in [0, 0.05) is 0 Å². The lowest BCUT2D eigenvalue weighted by Gasteiger charge is -2.00. The highest BCUT2D eigenvalue weighted by molar-refractivity contribution is 4.87. The summed E-state index contributed by atoms with van der Waals surface area (Å²) in [6, 6.07) is 0. The minimum Gasteiger partial charge on any atom is -0.229 e. The van der Waals surface area contributed by atoms with E-state index in [0.717, 1.165) is 25.7 Å². The van der Waals surface area contributed by atoms with Crippen LogP contribution in [-0.2, 0) is 5.11 Å². The van der Waals surface area contributed by atoms with Crippen molar-refractivity contribution in [1.29, 1.82) is 0 Å². The van der Waals surface area contributed by atoms with Gasteiger partial charge in [-0.05, 0) is 12.8 Å². The molecule has 0 saturated carbocycles. The van der Waals surface area contributed by atoms with Gasteiger partial charge < -0.3 is 0 Å². The normalized spacial score (nSPS) is 13.9. The van der Waals surface area contributed by atoms with E-state index in [9.17, 15) is 5.11 Å². The Labute approximate surface area is 76.5 Å². The third-order valence-corrected chi connectivity index (χ3v) is 1.90. The van der Waals surface area contributed by atoms with Crippen molar-refractivity contribution >= 4 is 0 Å². The topological polar surface area (TPSA) is 19.9 Å². The van der Waals surface area contributed by atoms with Crippen LogP contribution < -0.4 is 0 Å². The summed E-state index contributed by atoms with van der Waals surface area (Å²) in [6.07, 6.45) is 9.86. The second kappa shape index (κ2) is 8.79. The van der Waals surface area contributed by atoms with E-state index in [-0.39, 0.29) is 0 Å². The van der Waals surface area contributed by atoms with Crippen LogP contribution in [0.2, 0.25) is 0 Å². The Hall–Kier alpha value is -0.300. The van der Waals surface area contributed by atoms with Gasteiger partial charge in [-0.15, -0.1) is 0 Å². The van der Waals surface area contributed by atoms with Gasteiger partial charge >= 0.3 is 0 Å². The molecule has 1 radical (unpaired) electrons. The molecule has 12 heavy (non-hydrogen) atoms. The molecule has 0 aliphatic heterocycles. The molecule has 0 amide bonds. The van der Waals surface area contributed by atoms with E-state index in [1.807, 2.05) is 12.2 Å². The number of hydrogen-bond acceptors (Lipinski definition) is 0. The molecule has 1 unspecified atom stereocenters. The molecule has 0 rings (SSSR count). The van der Waals surface area contributed by atoms with E-state index in [2.05, 4.69) is 13.8 Å². The van der Waals surface area contributed by atoms with Crippen molar-refractivity contribution in [2.24, 2.45) is 0 Å². The fraction of sp³-hybridized carbons (Fsp3) is 0.818. The summed E-state index contributed by atoms with van der Waals surface area (Å²) in [7, 11) is 0. The Bertz CT molecular complexity index is 108. The van der Waals surface area contributed by atoms with Crippen LogP contribution in [-0.4, -0.2) is 6.10 Å². The predicted molar refractivity (Wildman–Crippen MR) is 52.7 cm³/mol. The smallest absolute Gasteiger partial charge is 0.111 e. The lowest BCUT2D eigenvalue weighted by molar-refractivity contribution is 0.119. The van der Waals surface area contributed by atoms with E-state index in [4.69, 9.17) is 0 Å². The maximum atomic E-state index is 11.2. The largest absolute Gasteiger partial charge is 0.229 e. The molecule has 0 aromatic heterocycles. The fourth-order valence-electron chi connectivity index (χ4n) is 1.11. The summed E-state index contributed by atoms with van der Waals surface area (Å²) in [6.45, 7) is 4.29. The first-order valence-electron chi connectivity index (χ1n) is 5.13. The molecular weight excluding hydrogens is 148 g/mol. The van der Waals surface area contributed by atoms with Gasteiger partial charge in [0.1, 0.15) is 6.10 Å². The molecule has 0 saturated heterocycles. The molecule has 1 heteroatoms. The molecule has 0 aromatic rings. The Morgan fingerprint density at radius 1 is 1.17 bits per heavy atom. The number of rotatable bonds is 7. The van der Waals surface area contributed by atoms with Gasteiger partial charge in [0.25, 0.3) is 0 Å². The lowest BCUT2D eigenvalue weighted by atomic mass is 10.1.